The maximum absolute atomic E-state index is 13.0. The summed E-state index contributed by atoms with van der Waals surface area (Å²) in [6.07, 6.45) is -0.0657. The summed E-state index contributed by atoms with van der Waals surface area (Å²) in [5.41, 5.74) is -0.217. The van der Waals surface area contributed by atoms with E-state index in [-0.39, 0.29) is 12.0 Å². The van der Waals surface area contributed by atoms with Crippen molar-refractivity contribution in [1.29, 1.82) is 0 Å². The van der Waals surface area contributed by atoms with Gasteiger partial charge in [-0.25, -0.2) is 13.2 Å². The van der Waals surface area contributed by atoms with Crippen LogP contribution in [0.1, 0.15) is 5.56 Å². The van der Waals surface area contributed by atoms with Crippen molar-refractivity contribution in [2.24, 2.45) is 0 Å². The van der Waals surface area contributed by atoms with E-state index in [1.54, 1.807) is 7.05 Å². The SMILES string of the molecule is CNC(=S)Cc1c(F)cc(F)cc1F. The maximum Gasteiger partial charge on any atom is 0.132 e. The molecule has 0 unspecified atom stereocenters. The Labute approximate surface area is 84.9 Å². The second-order valence-electron chi connectivity index (χ2n) is 2.70. The molecule has 1 aromatic rings. The quantitative estimate of drug-likeness (QED) is 0.765. The Morgan fingerprint density at radius 2 is 1.79 bits per heavy atom. The molecule has 1 nitrogen and oxygen atoms in total. The zero-order chi connectivity index (χ0) is 10.7. The molecule has 0 amide bonds. The van der Waals surface area contributed by atoms with E-state index < -0.39 is 17.5 Å². The third-order valence-electron chi connectivity index (χ3n) is 1.72. The molecule has 0 radical (unpaired) electrons. The standard InChI is InChI=1S/C9H8F3NS/c1-13-9(14)4-6-7(11)2-5(10)3-8(6)12/h2-3H,4H2,1H3,(H,13,14). The van der Waals surface area contributed by atoms with Crippen LogP contribution >= 0.6 is 12.2 Å². The second-order valence-corrected chi connectivity index (χ2v) is 3.19. The van der Waals surface area contributed by atoms with Gasteiger partial charge in [-0.05, 0) is 0 Å². The summed E-state index contributed by atoms with van der Waals surface area (Å²) in [4.78, 5) is 0.300. The summed E-state index contributed by atoms with van der Waals surface area (Å²) < 4.78 is 38.6. The number of thiocarbonyl (C=S) groups is 1. The lowest BCUT2D eigenvalue weighted by Crippen LogP contribution is -2.19. The van der Waals surface area contributed by atoms with Gasteiger partial charge in [-0.3, -0.25) is 0 Å². The van der Waals surface area contributed by atoms with E-state index in [1.807, 2.05) is 0 Å². The molecule has 0 atom stereocenters. The molecule has 76 valence electrons. The highest BCUT2D eigenvalue weighted by molar-refractivity contribution is 7.80. The summed E-state index contributed by atoms with van der Waals surface area (Å²) in [5.74, 6) is -2.76. The summed E-state index contributed by atoms with van der Waals surface area (Å²) in [6, 6.07) is 1.27. The van der Waals surface area contributed by atoms with Crippen LogP contribution in [0.4, 0.5) is 13.2 Å². The number of likely N-dealkylation sites (N-methyl/N-ethyl adjacent to an activating group) is 1. The van der Waals surface area contributed by atoms with Gasteiger partial charge in [0.2, 0.25) is 0 Å². The van der Waals surface area contributed by atoms with Gasteiger partial charge in [-0.2, -0.15) is 0 Å². The van der Waals surface area contributed by atoms with Gasteiger partial charge in [0.25, 0.3) is 0 Å². The first-order chi connectivity index (χ1) is 6.54. The minimum Gasteiger partial charge on any atom is -0.382 e. The molecule has 1 N–H and O–H groups in total. The molecule has 0 fully saturated rings. The van der Waals surface area contributed by atoms with Crippen LogP contribution in [0, 0.1) is 17.5 Å². The first-order valence-corrected chi connectivity index (χ1v) is 4.29. The maximum atomic E-state index is 13.0. The lowest BCUT2D eigenvalue weighted by molar-refractivity contribution is 0.529. The minimum atomic E-state index is -0.931. The van der Waals surface area contributed by atoms with E-state index in [4.69, 9.17) is 12.2 Å². The van der Waals surface area contributed by atoms with Crippen molar-refractivity contribution in [3.63, 3.8) is 0 Å². The highest BCUT2D eigenvalue weighted by Gasteiger charge is 2.12. The van der Waals surface area contributed by atoms with Gasteiger partial charge >= 0.3 is 0 Å². The van der Waals surface area contributed by atoms with Gasteiger partial charge in [-0.15, -0.1) is 0 Å². The highest BCUT2D eigenvalue weighted by Crippen LogP contribution is 2.15. The molecule has 0 heterocycles. The van der Waals surface area contributed by atoms with Crippen molar-refractivity contribution in [2.45, 2.75) is 6.42 Å². The van der Waals surface area contributed by atoms with Gasteiger partial charge < -0.3 is 5.32 Å². The van der Waals surface area contributed by atoms with Crippen LogP contribution in [0.25, 0.3) is 0 Å². The minimum absolute atomic E-state index is 0.0657. The average Bonchev–Trinajstić information content (AvgIpc) is 2.10. The van der Waals surface area contributed by atoms with Crippen LogP contribution in [-0.2, 0) is 6.42 Å². The molecule has 0 bridgehead atoms. The normalized spacial score (nSPS) is 10.0. The van der Waals surface area contributed by atoms with Crippen LogP contribution in [0.3, 0.4) is 0 Å². The van der Waals surface area contributed by atoms with E-state index in [9.17, 15) is 13.2 Å². The van der Waals surface area contributed by atoms with Crippen LogP contribution in [-0.4, -0.2) is 12.0 Å². The Kier molecular flexibility index (Phi) is 3.46. The van der Waals surface area contributed by atoms with E-state index >= 15 is 0 Å². The molecule has 5 heteroatoms. The summed E-state index contributed by atoms with van der Waals surface area (Å²) in [7, 11) is 1.56. The smallest absolute Gasteiger partial charge is 0.132 e. The number of hydrogen-bond donors (Lipinski definition) is 1. The molecule has 1 rings (SSSR count). The van der Waals surface area contributed by atoms with E-state index in [1.165, 1.54) is 0 Å². The Balaban J connectivity index is 3.02. The van der Waals surface area contributed by atoms with Gasteiger partial charge in [0.15, 0.2) is 0 Å². The first-order valence-electron chi connectivity index (χ1n) is 3.88. The number of hydrogen-bond acceptors (Lipinski definition) is 1. The van der Waals surface area contributed by atoms with E-state index in [0.29, 0.717) is 17.1 Å². The average molecular weight is 219 g/mol. The number of halogens is 3. The summed E-state index contributed by atoms with van der Waals surface area (Å²) in [6.45, 7) is 0. The van der Waals surface area contributed by atoms with Crippen LogP contribution in [0.5, 0.6) is 0 Å². The van der Waals surface area contributed by atoms with Gasteiger partial charge in [0.1, 0.15) is 17.5 Å². The number of nitrogens with one attached hydrogen (secondary N) is 1. The number of rotatable bonds is 2. The lowest BCUT2D eigenvalue weighted by atomic mass is 10.1. The molecule has 0 saturated heterocycles. The van der Waals surface area contributed by atoms with Crippen LogP contribution < -0.4 is 5.32 Å². The van der Waals surface area contributed by atoms with Gasteiger partial charge in [0.05, 0.1) is 4.99 Å². The van der Waals surface area contributed by atoms with E-state index in [2.05, 4.69) is 5.32 Å². The third kappa shape index (κ3) is 2.45. The molecule has 1 aromatic carbocycles. The van der Waals surface area contributed by atoms with Gasteiger partial charge in [-0.1, -0.05) is 12.2 Å². The predicted molar refractivity (Wildman–Crippen MR) is 51.7 cm³/mol. The number of benzene rings is 1. The molecular formula is C9H8F3NS. The topological polar surface area (TPSA) is 12.0 Å². The molecular weight excluding hydrogens is 211 g/mol. The van der Waals surface area contributed by atoms with Crippen LogP contribution in [0.2, 0.25) is 0 Å². The molecule has 0 aromatic heterocycles. The lowest BCUT2D eigenvalue weighted by Gasteiger charge is -2.05. The third-order valence-corrected chi connectivity index (χ3v) is 2.07. The van der Waals surface area contributed by atoms with Crippen molar-refractivity contribution < 1.29 is 13.2 Å². The Bertz CT molecular complexity index is 342. The Morgan fingerprint density at radius 3 is 2.21 bits per heavy atom. The van der Waals surface area contributed by atoms with E-state index in [0.717, 1.165) is 0 Å². The van der Waals surface area contributed by atoms with Gasteiger partial charge in [0, 0.05) is 31.2 Å². The fourth-order valence-electron chi connectivity index (χ4n) is 0.990. The zero-order valence-electron chi connectivity index (χ0n) is 7.40. The fourth-order valence-corrected chi connectivity index (χ4v) is 1.13. The fraction of sp³-hybridized carbons (Fsp3) is 0.222. The summed E-state index contributed by atoms with van der Waals surface area (Å²) in [5, 5.41) is 2.59. The van der Waals surface area contributed by atoms with Crippen molar-refractivity contribution in [1.82, 2.24) is 5.32 Å². The first kappa shape index (κ1) is 11.0. The Hall–Kier alpha value is -1.10. The highest BCUT2D eigenvalue weighted by atomic mass is 32.1. The van der Waals surface area contributed by atoms with Crippen molar-refractivity contribution >= 4 is 17.2 Å². The second kappa shape index (κ2) is 4.41. The molecule has 14 heavy (non-hydrogen) atoms. The molecule has 0 saturated carbocycles. The largest absolute Gasteiger partial charge is 0.382 e. The van der Waals surface area contributed by atoms with Crippen LogP contribution in [0.15, 0.2) is 12.1 Å². The van der Waals surface area contributed by atoms with Crippen molar-refractivity contribution in [3.8, 4) is 0 Å². The summed E-state index contributed by atoms with van der Waals surface area (Å²) >= 11 is 4.75. The zero-order valence-corrected chi connectivity index (χ0v) is 8.22. The Morgan fingerprint density at radius 1 is 1.29 bits per heavy atom. The molecule has 0 spiro atoms. The monoisotopic (exact) mass is 219 g/mol. The van der Waals surface area contributed by atoms with Crippen molar-refractivity contribution in [2.75, 3.05) is 7.05 Å². The van der Waals surface area contributed by atoms with Crippen molar-refractivity contribution in [3.05, 3.63) is 35.1 Å². The molecule has 0 aliphatic heterocycles. The predicted octanol–water partition coefficient (Wildman–Crippen LogP) is 2.19. The molecule has 0 aliphatic carbocycles. The molecule has 0 aliphatic rings.